The van der Waals surface area contributed by atoms with Crippen molar-refractivity contribution in [1.29, 1.82) is 0 Å². The van der Waals surface area contributed by atoms with Crippen LogP contribution < -0.4 is 113 Å². The van der Waals surface area contributed by atoms with Crippen LogP contribution in [-0.2, 0) is 28.7 Å². The van der Waals surface area contributed by atoms with Gasteiger partial charge in [0.1, 0.15) is 22.6 Å². The molecule has 3 aromatic carbocycles. The summed E-state index contributed by atoms with van der Waals surface area (Å²) in [7, 11) is 2.68. The fourth-order valence-electron chi connectivity index (χ4n) is 2.21. The summed E-state index contributed by atoms with van der Waals surface area (Å²) in [5.41, 5.74) is 2.79. The third-order valence-corrected chi connectivity index (χ3v) is 5.80. The maximum atomic E-state index is 10.8. The van der Waals surface area contributed by atoms with Gasteiger partial charge in [-0.3, -0.25) is 9.59 Å². The molecule has 0 unspecified atom stereocenters. The third-order valence-electron chi connectivity index (χ3n) is 4.36. The van der Waals surface area contributed by atoms with Crippen molar-refractivity contribution in [3.05, 3.63) is 86.3 Å². The number of carbonyl (C=O) groups is 3. The Bertz CT molecular complexity index is 1180. The van der Waals surface area contributed by atoms with Crippen molar-refractivity contribution in [1.82, 2.24) is 0 Å². The summed E-state index contributed by atoms with van der Waals surface area (Å²) in [4.78, 5) is 32.0. The molecule has 0 saturated carbocycles. The number of phenolic OH excluding ortho intramolecular Hbond substituents is 2. The topological polar surface area (TPSA) is 152 Å². The predicted octanol–water partition coefficient (Wildman–Crippen LogP) is -0.417. The zero-order valence-electron chi connectivity index (χ0n) is 26.1. The van der Waals surface area contributed by atoms with E-state index in [2.05, 4.69) is 62.2 Å². The standard InChI is InChI=1S/C10H11BrO3.C7H7BrO.C7H8O.C3H5BrO2.CH2O3.2K.H/c1-7-5-8(11)3-4-9(7)14-6-10(12)13-2;1-5-4-6(8)2-3-7(5)9;1-6-4-2-3-5-7(6)8;1-6-3(5)2-4;2-1-4-3;;;/h3-5H,6H2,1-2H3;2-4,9H,1H3;2-5,8H,1H3;2H2,1H3;1,3H;;;/q;;;;;2*+1;-1/p-1. The molecule has 0 atom stereocenters. The zero-order chi connectivity index (χ0) is 31.8. The predicted molar refractivity (Wildman–Crippen MR) is 164 cm³/mol. The summed E-state index contributed by atoms with van der Waals surface area (Å²) in [5, 5.41) is 26.7. The number of phenols is 2. The Morgan fingerprint density at radius 1 is 0.814 bits per heavy atom. The molecule has 10 nitrogen and oxygen atoms in total. The van der Waals surface area contributed by atoms with E-state index in [1.165, 1.54) is 14.2 Å². The molecule has 228 valence electrons. The Labute approximate surface area is 363 Å². The largest absolute Gasteiger partial charge is 1.00 e. The van der Waals surface area contributed by atoms with E-state index in [1.54, 1.807) is 12.1 Å². The van der Waals surface area contributed by atoms with E-state index < -0.39 is 0 Å². The fourth-order valence-corrected chi connectivity index (χ4v) is 3.39. The van der Waals surface area contributed by atoms with E-state index in [1.807, 2.05) is 69.3 Å². The van der Waals surface area contributed by atoms with Gasteiger partial charge >= 0.3 is 115 Å². The number of para-hydroxylation sites is 1. The van der Waals surface area contributed by atoms with Gasteiger partial charge in [0, 0.05) is 8.95 Å². The first kappa shape index (κ1) is 50.0. The van der Waals surface area contributed by atoms with Crippen molar-refractivity contribution in [3.8, 4) is 17.2 Å². The van der Waals surface area contributed by atoms with Gasteiger partial charge in [0.05, 0.1) is 14.2 Å². The summed E-state index contributed by atoms with van der Waals surface area (Å²) < 4.78 is 15.9. The number of rotatable bonds is 5. The average Bonchev–Trinajstić information content (AvgIpc) is 2.96. The van der Waals surface area contributed by atoms with Crippen LogP contribution >= 0.6 is 47.8 Å². The minimum absolute atomic E-state index is 0. The molecule has 0 aromatic heterocycles. The second-order valence-corrected chi connectivity index (χ2v) is 9.79. The van der Waals surface area contributed by atoms with Gasteiger partial charge in [0.2, 0.25) is 0 Å². The number of hydrogen-bond donors (Lipinski definition) is 2. The van der Waals surface area contributed by atoms with Crippen molar-refractivity contribution >= 4 is 66.2 Å². The number of aryl methyl sites for hydroxylation is 3. The Morgan fingerprint density at radius 3 is 1.60 bits per heavy atom. The monoisotopic (exact) mass is 844 g/mol. The molecule has 15 heteroatoms. The number of alkyl halides is 1. The molecule has 0 aliphatic carbocycles. The number of aromatic hydroxyl groups is 2. The van der Waals surface area contributed by atoms with Crippen molar-refractivity contribution in [2.45, 2.75) is 20.8 Å². The van der Waals surface area contributed by atoms with E-state index in [0.29, 0.717) is 17.2 Å². The molecule has 0 radical (unpaired) electrons. The maximum Gasteiger partial charge on any atom is 1.00 e. The zero-order valence-corrected chi connectivity index (χ0v) is 36.1. The molecule has 0 aliphatic rings. The molecular formula is C28H33Br3K2O10. The number of esters is 2. The van der Waals surface area contributed by atoms with Crippen molar-refractivity contribution in [2.24, 2.45) is 0 Å². The van der Waals surface area contributed by atoms with Gasteiger partial charge < -0.3 is 36.0 Å². The molecule has 0 spiro atoms. The molecule has 0 bridgehead atoms. The molecular weight excluding hydrogens is 814 g/mol. The number of halogens is 3. The quantitative estimate of drug-likeness (QED) is 0.0867. The minimum atomic E-state index is -0.382. The van der Waals surface area contributed by atoms with Gasteiger partial charge in [-0.15, -0.1) is 0 Å². The molecule has 0 aliphatic heterocycles. The van der Waals surface area contributed by atoms with Crippen LogP contribution in [0, 0.1) is 20.8 Å². The second kappa shape index (κ2) is 32.1. The van der Waals surface area contributed by atoms with E-state index in [-0.39, 0.29) is 135 Å². The first-order chi connectivity index (χ1) is 19.4. The van der Waals surface area contributed by atoms with Gasteiger partial charge in [0.25, 0.3) is 6.47 Å². The molecule has 2 N–H and O–H groups in total. The van der Waals surface area contributed by atoms with E-state index in [4.69, 9.17) is 25.0 Å². The average molecular weight is 847 g/mol. The summed E-state index contributed by atoms with van der Waals surface area (Å²) >= 11 is 9.53. The molecule has 3 rings (SSSR count). The van der Waals surface area contributed by atoms with Crippen LogP contribution in [0.3, 0.4) is 0 Å². The van der Waals surface area contributed by atoms with Crippen LogP contribution in [0.2, 0.25) is 0 Å². The van der Waals surface area contributed by atoms with Crippen LogP contribution in [0.25, 0.3) is 0 Å². The van der Waals surface area contributed by atoms with Crippen LogP contribution in [-0.4, -0.2) is 54.8 Å². The Balaban J connectivity index is -0.000000150. The summed E-state index contributed by atoms with van der Waals surface area (Å²) in [5.74, 6) is 0.784. The van der Waals surface area contributed by atoms with Crippen LogP contribution in [0.5, 0.6) is 17.2 Å². The van der Waals surface area contributed by atoms with Gasteiger partial charge in [-0.25, -0.2) is 4.79 Å². The number of carbonyl (C=O) groups excluding carboxylic acids is 3. The van der Waals surface area contributed by atoms with E-state index in [0.717, 1.165) is 25.6 Å². The SMILES string of the molecule is COC(=O)CBr.COC(=O)COc1ccc(Br)cc1C.Cc1cc(Br)ccc1O.Cc1ccccc1O.O=CO[O-].[H-].[K+].[K+]. The van der Waals surface area contributed by atoms with E-state index >= 15 is 0 Å². The fraction of sp³-hybridized carbons (Fsp3) is 0.250. The van der Waals surface area contributed by atoms with Gasteiger partial charge in [-0.05, 0) is 79.9 Å². The summed E-state index contributed by atoms with van der Waals surface area (Å²) in [6.45, 7) is 5.41. The molecule has 0 fully saturated rings. The van der Waals surface area contributed by atoms with Gasteiger partial charge in [-0.2, -0.15) is 0 Å². The Hall–Kier alpha value is 0.143. The van der Waals surface area contributed by atoms with Crippen LogP contribution in [0.15, 0.2) is 69.6 Å². The van der Waals surface area contributed by atoms with Crippen molar-refractivity contribution < 1.29 is 153 Å². The number of hydrogen-bond acceptors (Lipinski definition) is 10. The first-order valence-electron chi connectivity index (χ1n) is 11.4. The number of ether oxygens (including phenoxy) is 3. The van der Waals surface area contributed by atoms with Gasteiger partial charge in [0.15, 0.2) is 6.61 Å². The molecule has 0 heterocycles. The molecule has 0 saturated heterocycles. The van der Waals surface area contributed by atoms with Crippen LogP contribution in [0.4, 0.5) is 0 Å². The van der Waals surface area contributed by atoms with Crippen LogP contribution in [0.1, 0.15) is 18.1 Å². The Kier molecular flexibility index (Phi) is 37.3. The molecule has 43 heavy (non-hydrogen) atoms. The van der Waals surface area contributed by atoms with Gasteiger partial charge in [-0.1, -0.05) is 66.0 Å². The number of benzene rings is 3. The minimum Gasteiger partial charge on any atom is -1.00 e. The second-order valence-electron chi connectivity index (χ2n) is 7.39. The molecule has 0 amide bonds. The third kappa shape index (κ3) is 28.1. The molecule has 3 aromatic rings. The van der Waals surface area contributed by atoms with E-state index in [9.17, 15) is 9.59 Å². The Morgan fingerprint density at radius 2 is 1.28 bits per heavy atom. The summed E-state index contributed by atoms with van der Waals surface area (Å²) in [6, 6.07) is 18.2. The number of methoxy groups -OCH3 is 2. The normalized spacial score (nSPS) is 8.40. The first-order valence-corrected chi connectivity index (χ1v) is 14.1. The summed E-state index contributed by atoms with van der Waals surface area (Å²) in [6.07, 6.45) is 0. The smallest absolute Gasteiger partial charge is 1.00 e. The van der Waals surface area contributed by atoms with Crippen molar-refractivity contribution in [3.63, 3.8) is 0 Å². The van der Waals surface area contributed by atoms with Crippen molar-refractivity contribution in [2.75, 3.05) is 26.2 Å². The maximum absolute atomic E-state index is 10.8.